The first-order valence-corrected chi connectivity index (χ1v) is 7.20. The molecular weight excluding hydrogens is 250 g/mol. The Morgan fingerprint density at radius 2 is 2.25 bits per heavy atom. The highest BCUT2D eigenvalue weighted by Gasteiger charge is 2.21. The van der Waals surface area contributed by atoms with E-state index in [4.69, 9.17) is 10.5 Å². The van der Waals surface area contributed by atoms with Gasteiger partial charge in [0.2, 0.25) is 0 Å². The second kappa shape index (κ2) is 5.67. The molecule has 1 saturated heterocycles. The van der Waals surface area contributed by atoms with Crippen LogP contribution in [0.4, 0.5) is 5.82 Å². The van der Waals surface area contributed by atoms with Crippen molar-refractivity contribution in [3.63, 3.8) is 0 Å². The minimum atomic E-state index is 0.575. The van der Waals surface area contributed by atoms with Crippen molar-refractivity contribution in [1.82, 2.24) is 4.98 Å². The summed E-state index contributed by atoms with van der Waals surface area (Å²) in [6.07, 6.45) is 4.28. The zero-order valence-electron chi connectivity index (χ0n) is 11.9. The highest BCUT2D eigenvalue weighted by Crippen LogP contribution is 2.32. The number of hydrogen-bond donors (Lipinski definition) is 1. The van der Waals surface area contributed by atoms with Crippen molar-refractivity contribution in [1.29, 1.82) is 0 Å². The molecule has 0 bridgehead atoms. The van der Waals surface area contributed by atoms with Crippen molar-refractivity contribution in [2.45, 2.75) is 12.8 Å². The molecule has 4 heteroatoms. The molecule has 1 unspecified atom stereocenters. The molecule has 20 heavy (non-hydrogen) atoms. The SMILES string of the molecule is COc1cccc2c(N3CCCC(CN)C3)nccc12. The number of piperidine rings is 1. The summed E-state index contributed by atoms with van der Waals surface area (Å²) in [4.78, 5) is 6.97. The van der Waals surface area contributed by atoms with E-state index in [-0.39, 0.29) is 0 Å². The fourth-order valence-corrected chi connectivity index (χ4v) is 3.04. The molecular formula is C16H21N3O. The van der Waals surface area contributed by atoms with Crippen LogP contribution >= 0.6 is 0 Å². The quantitative estimate of drug-likeness (QED) is 0.931. The predicted molar refractivity (Wildman–Crippen MR) is 82.3 cm³/mol. The molecule has 2 N–H and O–H groups in total. The molecule has 2 aromatic rings. The van der Waals surface area contributed by atoms with Crippen molar-refractivity contribution < 1.29 is 4.74 Å². The number of ether oxygens (including phenoxy) is 1. The van der Waals surface area contributed by atoms with Crippen molar-refractivity contribution in [3.05, 3.63) is 30.5 Å². The van der Waals surface area contributed by atoms with Crippen LogP contribution in [-0.2, 0) is 0 Å². The van der Waals surface area contributed by atoms with E-state index >= 15 is 0 Å². The number of nitrogens with zero attached hydrogens (tertiary/aromatic N) is 2. The van der Waals surface area contributed by atoms with Gasteiger partial charge < -0.3 is 15.4 Å². The van der Waals surface area contributed by atoms with Crippen molar-refractivity contribution >= 4 is 16.6 Å². The minimum Gasteiger partial charge on any atom is -0.496 e. The lowest BCUT2D eigenvalue weighted by Gasteiger charge is -2.33. The van der Waals surface area contributed by atoms with Crippen LogP contribution in [0.3, 0.4) is 0 Å². The van der Waals surface area contributed by atoms with E-state index in [2.05, 4.69) is 16.0 Å². The van der Waals surface area contributed by atoms with Gasteiger partial charge in [0, 0.05) is 30.1 Å². The van der Waals surface area contributed by atoms with E-state index in [1.807, 2.05) is 24.4 Å². The summed E-state index contributed by atoms with van der Waals surface area (Å²) in [5.74, 6) is 2.53. The highest BCUT2D eigenvalue weighted by molar-refractivity contribution is 5.96. The molecule has 1 aromatic carbocycles. The van der Waals surface area contributed by atoms with Crippen LogP contribution in [-0.4, -0.2) is 31.7 Å². The summed E-state index contributed by atoms with van der Waals surface area (Å²) < 4.78 is 5.45. The van der Waals surface area contributed by atoms with E-state index in [0.717, 1.165) is 42.0 Å². The fraction of sp³-hybridized carbons (Fsp3) is 0.438. The predicted octanol–water partition coefficient (Wildman–Crippen LogP) is 2.42. The molecule has 0 aliphatic carbocycles. The molecule has 3 rings (SSSR count). The molecule has 0 saturated carbocycles. The molecule has 0 spiro atoms. The normalized spacial score (nSPS) is 19.3. The summed E-state index contributed by atoms with van der Waals surface area (Å²) in [5.41, 5.74) is 5.83. The Balaban J connectivity index is 2.03. The van der Waals surface area contributed by atoms with Gasteiger partial charge in [-0.15, -0.1) is 0 Å². The standard InChI is InChI=1S/C16H21N3O/c1-20-15-6-2-5-14-13(15)7-8-18-16(14)19-9-3-4-12(10-17)11-19/h2,5-8,12H,3-4,9-11,17H2,1H3. The summed E-state index contributed by atoms with van der Waals surface area (Å²) in [7, 11) is 1.71. The largest absolute Gasteiger partial charge is 0.496 e. The summed E-state index contributed by atoms with van der Waals surface area (Å²) >= 11 is 0. The summed E-state index contributed by atoms with van der Waals surface area (Å²) in [5, 5.41) is 2.28. The van der Waals surface area contributed by atoms with Crippen LogP contribution in [0.5, 0.6) is 5.75 Å². The number of nitrogens with two attached hydrogens (primary N) is 1. The molecule has 4 nitrogen and oxygen atoms in total. The van der Waals surface area contributed by atoms with Gasteiger partial charge in [-0.05, 0) is 37.4 Å². The van der Waals surface area contributed by atoms with Crippen LogP contribution in [0.15, 0.2) is 30.5 Å². The molecule has 1 aromatic heterocycles. The number of methoxy groups -OCH3 is 1. The topological polar surface area (TPSA) is 51.4 Å². The second-order valence-corrected chi connectivity index (χ2v) is 5.38. The molecule has 106 valence electrons. The number of fused-ring (bicyclic) bond motifs is 1. The maximum Gasteiger partial charge on any atom is 0.136 e. The van der Waals surface area contributed by atoms with Gasteiger partial charge >= 0.3 is 0 Å². The monoisotopic (exact) mass is 271 g/mol. The maximum absolute atomic E-state index is 5.83. The number of benzene rings is 1. The first kappa shape index (κ1) is 13.2. The molecule has 1 aliphatic rings. The number of pyridine rings is 1. The molecule has 1 atom stereocenters. The first-order chi connectivity index (χ1) is 9.83. The van der Waals surface area contributed by atoms with Crippen LogP contribution in [0, 0.1) is 5.92 Å². The van der Waals surface area contributed by atoms with E-state index in [9.17, 15) is 0 Å². The lowest BCUT2D eigenvalue weighted by molar-refractivity contribution is 0.419. The van der Waals surface area contributed by atoms with Gasteiger partial charge in [0.25, 0.3) is 0 Å². The van der Waals surface area contributed by atoms with Crippen LogP contribution in [0.25, 0.3) is 10.8 Å². The first-order valence-electron chi connectivity index (χ1n) is 7.20. The Morgan fingerprint density at radius 1 is 1.35 bits per heavy atom. The maximum atomic E-state index is 5.83. The Labute approximate surface area is 119 Å². The van der Waals surface area contributed by atoms with Crippen molar-refractivity contribution in [2.75, 3.05) is 31.6 Å². The highest BCUT2D eigenvalue weighted by atomic mass is 16.5. The van der Waals surface area contributed by atoms with Gasteiger partial charge in [-0.1, -0.05) is 12.1 Å². The van der Waals surface area contributed by atoms with Gasteiger partial charge in [0.1, 0.15) is 11.6 Å². The van der Waals surface area contributed by atoms with Gasteiger partial charge in [0.05, 0.1) is 7.11 Å². The summed E-state index contributed by atoms with van der Waals surface area (Å²) in [6.45, 7) is 2.81. The third-order valence-electron chi connectivity index (χ3n) is 4.12. The fourth-order valence-electron chi connectivity index (χ4n) is 3.04. The number of rotatable bonds is 3. The average Bonchev–Trinajstić information content (AvgIpc) is 2.53. The van der Waals surface area contributed by atoms with Gasteiger partial charge in [-0.25, -0.2) is 4.98 Å². The average molecular weight is 271 g/mol. The van der Waals surface area contributed by atoms with Crippen molar-refractivity contribution in [3.8, 4) is 5.75 Å². The van der Waals surface area contributed by atoms with Crippen LogP contribution in [0.2, 0.25) is 0 Å². The van der Waals surface area contributed by atoms with E-state index < -0.39 is 0 Å². The van der Waals surface area contributed by atoms with Gasteiger partial charge in [0.15, 0.2) is 0 Å². The van der Waals surface area contributed by atoms with E-state index in [1.165, 1.54) is 12.8 Å². The van der Waals surface area contributed by atoms with Crippen LogP contribution in [0.1, 0.15) is 12.8 Å². The Kier molecular flexibility index (Phi) is 3.74. The van der Waals surface area contributed by atoms with Crippen LogP contribution < -0.4 is 15.4 Å². The molecule has 1 fully saturated rings. The number of hydrogen-bond acceptors (Lipinski definition) is 4. The smallest absolute Gasteiger partial charge is 0.136 e. The zero-order valence-corrected chi connectivity index (χ0v) is 11.9. The van der Waals surface area contributed by atoms with Crippen molar-refractivity contribution in [2.24, 2.45) is 11.7 Å². The van der Waals surface area contributed by atoms with Gasteiger partial charge in [-0.2, -0.15) is 0 Å². The molecule has 0 amide bonds. The Morgan fingerprint density at radius 3 is 3.05 bits per heavy atom. The minimum absolute atomic E-state index is 0.575. The van der Waals surface area contributed by atoms with E-state index in [0.29, 0.717) is 5.92 Å². The Bertz CT molecular complexity index is 599. The zero-order chi connectivity index (χ0) is 13.9. The third-order valence-corrected chi connectivity index (χ3v) is 4.12. The Hall–Kier alpha value is -1.81. The second-order valence-electron chi connectivity index (χ2n) is 5.38. The lowest BCUT2D eigenvalue weighted by atomic mass is 9.98. The summed E-state index contributed by atoms with van der Waals surface area (Å²) in [6, 6.07) is 8.15. The lowest BCUT2D eigenvalue weighted by Crippen LogP contribution is -2.38. The third kappa shape index (κ3) is 2.31. The molecule has 0 radical (unpaired) electrons. The number of anilines is 1. The van der Waals surface area contributed by atoms with E-state index in [1.54, 1.807) is 7.11 Å². The number of aromatic nitrogens is 1. The van der Waals surface area contributed by atoms with Gasteiger partial charge in [-0.3, -0.25) is 0 Å². The molecule has 1 aliphatic heterocycles. The molecule has 2 heterocycles.